The quantitative estimate of drug-likeness (QED) is 0.674. The van der Waals surface area contributed by atoms with Gasteiger partial charge >= 0.3 is 0 Å². The van der Waals surface area contributed by atoms with Gasteiger partial charge in [0, 0.05) is 59.9 Å². The average molecular weight is 314 g/mol. The van der Waals surface area contributed by atoms with Crippen LogP contribution in [0.4, 0.5) is 5.82 Å². The molecule has 1 N–H and O–H groups in total. The first-order chi connectivity index (χ1) is 11.0. The molecule has 0 atom stereocenters. The third-order valence-electron chi connectivity index (χ3n) is 3.74. The Morgan fingerprint density at radius 2 is 2.09 bits per heavy atom. The number of aryl methyl sites for hydroxylation is 1. The Morgan fingerprint density at radius 1 is 1.30 bits per heavy atom. The fourth-order valence-electron chi connectivity index (χ4n) is 2.36. The standard InChI is InChI=1S/C17H26N6/c1-18-17(23(5)13-15-7-6-10-22(15)4)20-12-14-8-9-19-16(11-14)21(2)3/h6-11H,12-13H2,1-5H3,(H,18,20). The molecule has 0 aliphatic carbocycles. The molecule has 124 valence electrons. The Morgan fingerprint density at radius 3 is 2.70 bits per heavy atom. The van der Waals surface area contributed by atoms with E-state index < -0.39 is 0 Å². The molecular formula is C17H26N6. The molecule has 2 aromatic heterocycles. The topological polar surface area (TPSA) is 48.7 Å². The van der Waals surface area contributed by atoms with E-state index in [1.54, 1.807) is 0 Å². The van der Waals surface area contributed by atoms with E-state index in [1.807, 2.05) is 45.4 Å². The molecule has 0 unspecified atom stereocenters. The summed E-state index contributed by atoms with van der Waals surface area (Å²) in [6.45, 7) is 1.52. The highest BCUT2D eigenvalue weighted by atomic mass is 15.3. The Bertz CT molecular complexity index is 659. The van der Waals surface area contributed by atoms with Crippen LogP contribution in [-0.4, -0.2) is 48.6 Å². The number of pyridine rings is 1. The van der Waals surface area contributed by atoms with Crippen molar-refractivity contribution < 1.29 is 0 Å². The number of hydrogen-bond donors (Lipinski definition) is 1. The highest BCUT2D eigenvalue weighted by Crippen LogP contribution is 2.09. The summed E-state index contributed by atoms with van der Waals surface area (Å²) in [5, 5.41) is 3.40. The number of nitrogens with zero attached hydrogens (tertiary/aromatic N) is 5. The second kappa shape index (κ2) is 7.67. The third-order valence-corrected chi connectivity index (χ3v) is 3.74. The fourth-order valence-corrected chi connectivity index (χ4v) is 2.36. The van der Waals surface area contributed by atoms with Crippen molar-refractivity contribution in [2.24, 2.45) is 12.0 Å². The van der Waals surface area contributed by atoms with Gasteiger partial charge in [-0.1, -0.05) is 0 Å². The molecule has 0 saturated carbocycles. The molecule has 0 aromatic carbocycles. The normalized spacial score (nSPS) is 11.4. The van der Waals surface area contributed by atoms with E-state index in [1.165, 1.54) is 11.3 Å². The first-order valence-electron chi connectivity index (χ1n) is 7.65. The molecule has 0 fully saturated rings. The van der Waals surface area contributed by atoms with Crippen molar-refractivity contribution in [2.75, 3.05) is 33.1 Å². The van der Waals surface area contributed by atoms with Gasteiger partial charge in [0.25, 0.3) is 0 Å². The minimum atomic E-state index is 0.716. The van der Waals surface area contributed by atoms with Gasteiger partial charge in [0.05, 0.1) is 6.54 Å². The predicted molar refractivity (Wildman–Crippen MR) is 95.6 cm³/mol. The second-order valence-corrected chi connectivity index (χ2v) is 5.78. The highest BCUT2D eigenvalue weighted by Gasteiger charge is 2.08. The molecule has 2 rings (SSSR count). The number of aliphatic imine (C=N–C) groups is 1. The first kappa shape index (κ1) is 16.9. The molecule has 6 heteroatoms. The Balaban J connectivity index is 1.97. The number of guanidine groups is 1. The van der Waals surface area contributed by atoms with Crippen molar-refractivity contribution >= 4 is 11.8 Å². The minimum absolute atomic E-state index is 0.716. The van der Waals surface area contributed by atoms with Gasteiger partial charge in [0.1, 0.15) is 5.82 Å². The summed E-state index contributed by atoms with van der Waals surface area (Å²) >= 11 is 0. The number of rotatable bonds is 5. The van der Waals surface area contributed by atoms with Gasteiger partial charge in [-0.2, -0.15) is 0 Å². The van der Waals surface area contributed by atoms with E-state index in [9.17, 15) is 0 Å². The van der Waals surface area contributed by atoms with Crippen LogP contribution in [0, 0.1) is 0 Å². The highest BCUT2D eigenvalue weighted by molar-refractivity contribution is 5.79. The van der Waals surface area contributed by atoms with Crippen LogP contribution in [0.15, 0.2) is 41.7 Å². The molecule has 6 nitrogen and oxygen atoms in total. The van der Waals surface area contributed by atoms with Gasteiger partial charge < -0.3 is 19.7 Å². The molecule has 0 saturated heterocycles. The minimum Gasteiger partial charge on any atom is -0.363 e. The molecular weight excluding hydrogens is 288 g/mol. The lowest BCUT2D eigenvalue weighted by Crippen LogP contribution is -2.38. The summed E-state index contributed by atoms with van der Waals surface area (Å²) in [5.41, 5.74) is 2.42. The Kier molecular flexibility index (Phi) is 5.62. The maximum absolute atomic E-state index is 4.37. The summed E-state index contributed by atoms with van der Waals surface area (Å²) in [7, 11) is 9.89. The predicted octanol–water partition coefficient (Wildman–Crippen LogP) is 1.69. The summed E-state index contributed by atoms with van der Waals surface area (Å²) in [5.74, 6) is 1.82. The lowest BCUT2D eigenvalue weighted by atomic mass is 10.2. The van der Waals surface area contributed by atoms with Crippen LogP contribution >= 0.6 is 0 Å². The van der Waals surface area contributed by atoms with E-state index >= 15 is 0 Å². The molecule has 2 aromatic rings. The Labute approximate surface area is 138 Å². The van der Waals surface area contributed by atoms with E-state index in [0.29, 0.717) is 6.54 Å². The molecule has 23 heavy (non-hydrogen) atoms. The lowest BCUT2D eigenvalue weighted by molar-refractivity contribution is 0.461. The van der Waals surface area contributed by atoms with Gasteiger partial charge in [-0.25, -0.2) is 4.98 Å². The molecule has 0 radical (unpaired) electrons. The van der Waals surface area contributed by atoms with Gasteiger partial charge in [0.15, 0.2) is 5.96 Å². The number of nitrogens with one attached hydrogen (secondary N) is 1. The van der Waals surface area contributed by atoms with Crippen LogP contribution in [0.25, 0.3) is 0 Å². The molecule has 2 heterocycles. The number of aromatic nitrogens is 2. The van der Waals surface area contributed by atoms with Crippen LogP contribution in [0.2, 0.25) is 0 Å². The molecule has 0 amide bonds. The van der Waals surface area contributed by atoms with Crippen LogP contribution in [0.1, 0.15) is 11.3 Å². The van der Waals surface area contributed by atoms with E-state index in [-0.39, 0.29) is 0 Å². The van der Waals surface area contributed by atoms with Crippen molar-refractivity contribution in [3.63, 3.8) is 0 Å². The SMILES string of the molecule is CN=C(NCc1ccnc(N(C)C)c1)N(C)Cc1cccn1C. The third kappa shape index (κ3) is 4.48. The fraction of sp³-hybridized carbons (Fsp3) is 0.412. The monoisotopic (exact) mass is 314 g/mol. The van der Waals surface area contributed by atoms with Gasteiger partial charge in [-0.3, -0.25) is 4.99 Å². The van der Waals surface area contributed by atoms with Gasteiger partial charge in [0.2, 0.25) is 0 Å². The van der Waals surface area contributed by atoms with Crippen molar-refractivity contribution in [2.45, 2.75) is 13.1 Å². The van der Waals surface area contributed by atoms with Crippen molar-refractivity contribution in [3.05, 3.63) is 47.9 Å². The van der Waals surface area contributed by atoms with Crippen LogP contribution < -0.4 is 10.2 Å². The van der Waals surface area contributed by atoms with Gasteiger partial charge in [-0.15, -0.1) is 0 Å². The molecule has 0 spiro atoms. The number of anilines is 1. The first-order valence-corrected chi connectivity index (χ1v) is 7.65. The number of hydrogen-bond acceptors (Lipinski definition) is 3. The largest absolute Gasteiger partial charge is 0.363 e. The summed E-state index contributed by atoms with van der Waals surface area (Å²) in [6, 6.07) is 8.27. The molecule has 0 aliphatic heterocycles. The van der Waals surface area contributed by atoms with Crippen molar-refractivity contribution in [3.8, 4) is 0 Å². The van der Waals surface area contributed by atoms with Crippen LogP contribution in [0.3, 0.4) is 0 Å². The zero-order valence-electron chi connectivity index (χ0n) is 14.6. The zero-order chi connectivity index (χ0) is 16.8. The van der Waals surface area contributed by atoms with Gasteiger partial charge in [-0.05, 0) is 29.8 Å². The maximum Gasteiger partial charge on any atom is 0.194 e. The average Bonchev–Trinajstić information content (AvgIpc) is 2.93. The maximum atomic E-state index is 4.37. The second-order valence-electron chi connectivity index (χ2n) is 5.78. The van der Waals surface area contributed by atoms with E-state index in [0.717, 1.165) is 18.3 Å². The zero-order valence-corrected chi connectivity index (χ0v) is 14.6. The summed E-state index contributed by atoms with van der Waals surface area (Å²) in [4.78, 5) is 12.8. The van der Waals surface area contributed by atoms with Crippen molar-refractivity contribution in [1.29, 1.82) is 0 Å². The molecule has 0 bridgehead atoms. The summed E-state index contributed by atoms with van der Waals surface area (Å²) in [6.07, 6.45) is 3.89. The summed E-state index contributed by atoms with van der Waals surface area (Å²) < 4.78 is 2.12. The van der Waals surface area contributed by atoms with E-state index in [4.69, 9.17) is 0 Å². The van der Waals surface area contributed by atoms with E-state index in [2.05, 4.69) is 56.2 Å². The van der Waals surface area contributed by atoms with Crippen LogP contribution in [0.5, 0.6) is 0 Å². The molecule has 0 aliphatic rings. The van der Waals surface area contributed by atoms with Crippen LogP contribution in [-0.2, 0) is 20.1 Å². The lowest BCUT2D eigenvalue weighted by Gasteiger charge is -2.22. The smallest absolute Gasteiger partial charge is 0.194 e. The van der Waals surface area contributed by atoms with Crippen molar-refractivity contribution in [1.82, 2.24) is 19.8 Å². The Hall–Kier alpha value is -2.50.